The molecule has 2 N–H and O–H groups in total. The van der Waals surface area contributed by atoms with Crippen LogP contribution in [-0.2, 0) is 6.54 Å². The summed E-state index contributed by atoms with van der Waals surface area (Å²) in [4.78, 5) is 9.20. The molecule has 0 aliphatic heterocycles. The van der Waals surface area contributed by atoms with Crippen LogP contribution in [-0.4, -0.2) is 24.6 Å². The molecule has 0 spiro atoms. The van der Waals surface area contributed by atoms with Crippen molar-refractivity contribution in [3.8, 4) is 5.75 Å². The van der Waals surface area contributed by atoms with Gasteiger partial charge < -0.3 is 15.4 Å². The van der Waals surface area contributed by atoms with Crippen LogP contribution < -0.4 is 15.4 Å². The molecule has 1 aromatic carbocycles. The van der Waals surface area contributed by atoms with Crippen LogP contribution in [0.25, 0.3) is 0 Å². The van der Waals surface area contributed by atoms with E-state index in [0.29, 0.717) is 6.54 Å². The molecule has 2 aromatic rings. The molecule has 0 aliphatic rings. The van der Waals surface area contributed by atoms with Gasteiger partial charge in [-0.3, -0.25) is 4.98 Å². The first-order valence-electron chi connectivity index (χ1n) is 8.65. The van der Waals surface area contributed by atoms with Crippen molar-refractivity contribution in [2.75, 3.05) is 13.7 Å². The van der Waals surface area contributed by atoms with Crippen LogP contribution in [0.5, 0.6) is 5.75 Å². The number of hydrogen-bond acceptors (Lipinski definition) is 3. The number of guanidine groups is 1. The lowest BCUT2D eigenvalue weighted by molar-refractivity contribution is 0.407. The largest absolute Gasteiger partial charge is 0.496 e. The number of rotatable bonds is 6. The quantitative estimate of drug-likeness (QED) is 0.380. The highest BCUT2D eigenvalue weighted by Crippen LogP contribution is 2.24. The van der Waals surface area contributed by atoms with Crippen molar-refractivity contribution >= 4 is 29.9 Å². The Morgan fingerprint density at radius 2 is 1.92 bits per heavy atom. The monoisotopic (exact) mass is 468 g/mol. The van der Waals surface area contributed by atoms with Crippen LogP contribution in [0.2, 0.25) is 0 Å². The lowest BCUT2D eigenvalue weighted by Crippen LogP contribution is -2.38. The smallest absolute Gasteiger partial charge is 0.192 e. The lowest BCUT2D eigenvalue weighted by atomic mass is 10.1. The van der Waals surface area contributed by atoms with Crippen LogP contribution in [0.15, 0.2) is 41.5 Å². The zero-order chi connectivity index (χ0) is 18.2. The molecule has 0 saturated heterocycles. The second-order valence-corrected chi connectivity index (χ2v) is 6.02. The van der Waals surface area contributed by atoms with Gasteiger partial charge in [-0.2, -0.15) is 0 Å². The average Bonchev–Trinajstić information content (AvgIpc) is 2.62. The fourth-order valence-corrected chi connectivity index (χ4v) is 2.73. The molecule has 1 heterocycles. The van der Waals surface area contributed by atoms with Gasteiger partial charge in [-0.15, -0.1) is 24.0 Å². The average molecular weight is 468 g/mol. The van der Waals surface area contributed by atoms with Crippen molar-refractivity contribution in [2.24, 2.45) is 4.99 Å². The predicted molar refractivity (Wildman–Crippen MR) is 118 cm³/mol. The van der Waals surface area contributed by atoms with Crippen molar-refractivity contribution in [3.63, 3.8) is 0 Å². The van der Waals surface area contributed by atoms with Crippen LogP contribution in [0, 0.1) is 13.8 Å². The van der Waals surface area contributed by atoms with Gasteiger partial charge in [0, 0.05) is 23.9 Å². The third kappa shape index (κ3) is 5.86. The fourth-order valence-electron chi connectivity index (χ4n) is 2.73. The maximum Gasteiger partial charge on any atom is 0.192 e. The number of methoxy groups -OCH3 is 1. The standard InChI is InChI=1S/C20H28N4O.HI/c1-6-21-20(24-16(4)17-10-8-7-9-11-17)23-13-18-15(3)19(25-5)14(2)12-22-18;/h7-12,16H,6,13H2,1-5H3,(H2,21,23,24);1H. The Labute approximate surface area is 173 Å². The van der Waals surface area contributed by atoms with Crippen LogP contribution >= 0.6 is 24.0 Å². The first-order valence-corrected chi connectivity index (χ1v) is 8.65. The summed E-state index contributed by atoms with van der Waals surface area (Å²) >= 11 is 0. The van der Waals surface area contributed by atoms with Crippen molar-refractivity contribution in [2.45, 2.75) is 40.3 Å². The van der Waals surface area contributed by atoms with Crippen molar-refractivity contribution in [1.82, 2.24) is 15.6 Å². The first kappa shape index (κ1) is 22.2. The number of nitrogens with one attached hydrogen (secondary N) is 2. The van der Waals surface area contributed by atoms with E-state index in [0.717, 1.165) is 35.1 Å². The van der Waals surface area contributed by atoms with Gasteiger partial charge in [-0.05, 0) is 33.3 Å². The maximum atomic E-state index is 5.47. The molecule has 0 saturated carbocycles. The third-order valence-electron chi connectivity index (χ3n) is 4.13. The number of halogens is 1. The van der Waals surface area contributed by atoms with Crippen molar-refractivity contribution < 1.29 is 4.74 Å². The molecule has 2 rings (SSSR count). The van der Waals surface area contributed by atoms with Crippen molar-refractivity contribution in [1.29, 1.82) is 0 Å². The molecule has 0 aliphatic carbocycles. The van der Waals surface area contributed by atoms with E-state index >= 15 is 0 Å². The lowest BCUT2D eigenvalue weighted by Gasteiger charge is -2.18. The minimum absolute atomic E-state index is 0. The summed E-state index contributed by atoms with van der Waals surface area (Å²) in [6, 6.07) is 10.5. The Kier molecular flexibility index (Phi) is 9.40. The Morgan fingerprint density at radius 1 is 1.23 bits per heavy atom. The molecule has 0 radical (unpaired) electrons. The SMILES string of the molecule is CCNC(=NCc1ncc(C)c(OC)c1C)NC(C)c1ccccc1.I. The summed E-state index contributed by atoms with van der Waals surface area (Å²) in [6.07, 6.45) is 1.84. The number of ether oxygens (including phenoxy) is 1. The number of aromatic nitrogens is 1. The number of benzene rings is 1. The number of aliphatic imine (C=N–C) groups is 1. The van der Waals surface area contributed by atoms with E-state index < -0.39 is 0 Å². The van der Waals surface area contributed by atoms with Gasteiger partial charge in [0.05, 0.1) is 25.4 Å². The van der Waals surface area contributed by atoms with E-state index in [1.165, 1.54) is 5.56 Å². The summed E-state index contributed by atoms with van der Waals surface area (Å²) in [5, 5.41) is 6.74. The van der Waals surface area contributed by atoms with Gasteiger partial charge in [-0.1, -0.05) is 30.3 Å². The molecule has 1 unspecified atom stereocenters. The van der Waals surface area contributed by atoms with Crippen LogP contribution in [0.4, 0.5) is 0 Å². The molecule has 0 fully saturated rings. The van der Waals surface area contributed by atoms with E-state index in [2.05, 4.69) is 41.6 Å². The van der Waals surface area contributed by atoms with Gasteiger partial charge in [0.1, 0.15) is 5.75 Å². The molecule has 142 valence electrons. The topological polar surface area (TPSA) is 58.5 Å². The summed E-state index contributed by atoms with van der Waals surface area (Å²) < 4.78 is 5.47. The van der Waals surface area contributed by atoms with Gasteiger partial charge in [0.25, 0.3) is 0 Å². The number of nitrogens with zero attached hydrogens (tertiary/aromatic N) is 2. The third-order valence-corrected chi connectivity index (χ3v) is 4.13. The highest BCUT2D eigenvalue weighted by atomic mass is 127. The highest BCUT2D eigenvalue weighted by molar-refractivity contribution is 14.0. The van der Waals surface area contributed by atoms with Crippen molar-refractivity contribution in [3.05, 3.63) is 58.9 Å². The Balaban J connectivity index is 0.00000338. The molecule has 26 heavy (non-hydrogen) atoms. The molecule has 5 nitrogen and oxygen atoms in total. The van der Waals surface area contributed by atoms with Gasteiger partial charge in [0.2, 0.25) is 0 Å². The van der Waals surface area contributed by atoms with Crippen LogP contribution in [0.1, 0.15) is 42.3 Å². The normalized spacial score (nSPS) is 12.1. The second-order valence-electron chi connectivity index (χ2n) is 6.02. The van der Waals surface area contributed by atoms with Gasteiger partial charge >= 0.3 is 0 Å². The van der Waals surface area contributed by atoms with E-state index in [-0.39, 0.29) is 30.0 Å². The Hall–Kier alpha value is -1.83. The minimum atomic E-state index is 0. The van der Waals surface area contributed by atoms with Gasteiger partial charge in [-0.25, -0.2) is 4.99 Å². The number of aryl methyl sites for hydroxylation is 1. The predicted octanol–water partition coefficient (Wildman–Crippen LogP) is 4.14. The number of hydrogen-bond donors (Lipinski definition) is 2. The molecule has 1 atom stereocenters. The summed E-state index contributed by atoms with van der Waals surface area (Å²) in [7, 11) is 1.69. The zero-order valence-corrected chi connectivity index (χ0v) is 18.5. The highest BCUT2D eigenvalue weighted by Gasteiger charge is 2.10. The van der Waals surface area contributed by atoms with E-state index in [1.54, 1.807) is 7.11 Å². The Morgan fingerprint density at radius 3 is 2.54 bits per heavy atom. The zero-order valence-electron chi connectivity index (χ0n) is 16.2. The second kappa shape index (κ2) is 11.0. The number of pyridine rings is 1. The summed E-state index contributed by atoms with van der Waals surface area (Å²) in [5.41, 5.74) is 4.22. The minimum Gasteiger partial charge on any atom is -0.496 e. The molecular formula is C20H29IN4O. The van der Waals surface area contributed by atoms with E-state index in [9.17, 15) is 0 Å². The van der Waals surface area contributed by atoms with E-state index in [4.69, 9.17) is 9.73 Å². The van der Waals surface area contributed by atoms with E-state index in [1.807, 2.05) is 38.2 Å². The molecule has 0 bridgehead atoms. The fraction of sp³-hybridized carbons (Fsp3) is 0.400. The van der Waals surface area contributed by atoms with Crippen LogP contribution in [0.3, 0.4) is 0 Å². The summed E-state index contributed by atoms with van der Waals surface area (Å²) in [6.45, 7) is 9.51. The maximum absolute atomic E-state index is 5.47. The molecule has 6 heteroatoms. The molecular weight excluding hydrogens is 439 g/mol. The Bertz CT molecular complexity index is 719. The van der Waals surface area contributed by atoms with Gasteiger partial charge in [0.15, 0.2) is 5.96 Å². The molecule has 1 aromatic heterocycles. The first-order chi connectivity index (χ1) is 12.1. The molecule has 0 amide bonds. The summed E-state index contributed by atoms with van der Waals surface area (Å²) in [5.74, 6) is 1.66.